The predicted octanol–water partition coefficient (Wildman–Crippen LogP) is 3.52. The van der Waals surface area contributed by atoms with Gasteiger partial charge < -0.3 is 10.1 Å². The first kappa shape index (κ1) is 16.4. The Morgan fingerprint density at radius 1 is 1.20 bits per heavy atom. The Labute approximate surface area is 121 Å². The van der Waals surface area contributed by atoms with E-state index >= 15 is 0 Å². The van der Waals surface area contributed by atoms with Gasteiger partial charge in [-0.3, -0.25) is 4.79 Å². The van der Waals surface area contributed by atoms with Crippen molar-refractivity contribution in [2.45, 2.75) is 58.4 Å². The van der Waals surface area contributed by atoms with E-state index in [-0.39, 0.29) is 11.9 Å². The first-order chi connectivity index (χ1) is 9.72. The van der Waals surface area contributed by atoms with Crippen molar-refractivity contribution in [3.63, 3.8) is 0 Å². The number of rotatable bonds is 9. The molecule has 1 atom stereocenters. The highest BCUT2D eigenvalue weighted by Crippen LogP contribution is 2.13. The van der Waals surface area contributed by atoms with Gasteiger partial charge in [0.15, 0.2) is 0 Å². The number of carbonyl (C=O) groups excluding carboxylic acids is 2. The molecule has 1 aromatic carbocycles. The number of aryl methyl sites for hydroxylation is 1. The molecule has 0 saturated carbocycles. The van der Waals surface area contributed by atoms with Gasteiger partial charge >= 0.3 is 0 Å². The molecule has 0 radical (unpaired) electrons. The van der Waals surface area contributed by atoms with Gasteiger partial charge in [-0.25, -0.2) is 0 Å². The maximum absolute atomic E-state index is 12.3. The predicted molar refractivity (Wildman–Crippen MR) is 81.9 cm³/mol. The minimum atomic E-state index is -0.379. The third kappa shape index (κ3) is 5.16. The molecule has 0 unspecified atom stereocenters. The first-order valence-electron chi connectivity index (χ1n) is 7.57. The minimum absolute atomic E-state index is 0.136. The normalized spacial score (nSPS) is 11.9. The van der Waals surface area contributed by atoms with E-state index in [1.807, 2.05) is 31.2 Å². The molecule has 0 aromatic heterocycles. The van der Waals surface area contributed by atoms with Crippen molar-refractivity contribution in [3.8, 4) is 0 Å². The molecule has 1 rings (SSSR count). The third-order valence-electron chi connectivity index (χ3n) is 3.39. The van der Waals surface area contributed by atoms with Gasteiger partial charge in [0.2, 0.25) is 0 Å². The van der Waals surface area contributed by atoms with Gasteiger partial charge in [0.1, 0.15) is 6.29 Å². The molecule has 0 aliphatic carbocycles. The second kappa shape index (κ2) is 9.29. The number of hydrogen-bond acceptors (Lipinski definition) is 2. The number of nitrogens with one attached hydrogen (secondary N) is 1. The van der Waals surface area contributed by atoms with Crippen LogP contribution in [0, 0.1) is 0 Å². The quantitative estimate of drug-likeness (QED) is 0.553. The standard InChI is InChI=1S/C17H25NO2/c1-3-5-6-10-14-11-7-8-12-16(14)17(20)18-15(13-19)9-4-2/h7-8,11-13,15H,3-6,9-10H2,1-2H3,(H,18,20)/t15-/m0/s1. The number of aldehydes is 1. The summed E-state index contributed by atoms with van der Waals surface area (Å²) in [6.07, 6.45) is 6.72. The highest BCUT2D eigenvalue weighted by Gasteiger charge is 2.14. The minimum Gasteiger partial charge on any atom is -0.343 e. The molecule has 0 aliphatic heterocycles. The highest BCUT2D eigenvalue weighted by molar-refractivity contribution is 5.97. The number of benzene rings is 1. The lowest BCUT2D eigenvalue weighted by Gasteiger charge is -2.14. The summed E-state index contributed by atoms with van der Waals surface area (Å²) in [4.78, 5) is 23.2. The lowest BCUT2D eigenvalue weighted by molar-refractivity contribution is -0.109. The fraction of sp³-hybridized carbons (Fsp3) is 0.529. The second-order valence-electron chi connectivity index (χ2n) is 5.12. The molecule has 3 nitrogen and oxygen atoms in total. The van der Waals surface area contributed by atoms with Gasteiger partial charge in [0.05, 0.1) is 6.04 Å². The van der Waals surface area contributed by atoms with Gasteiger partial charge in [-0.2, -0.15) is 0 Å². The smallest absolute Gasteiger partial charge is 0.252 e. The van der Waals surface area contributed by atoms with Crippen LogP contribution < -0.4 is 5.32 Å². The topological polar surface area (TPSA) is 46.2 Å². The van der Waals surface area contributed by atoms with Crippen LogP contribution in [0.25, 0.3) is 0 Å². The molecule has 20 heavy (non-hydrogen) atoms. The van der Waals surface area contributed by atoms with Crippen molar-refractivity contribution >= 4 is 12.2 Å². The maximum Gasteiger partial charge on any atom is 0.252 e. The van der Waals surface area contributed by atoms with Crippen LogP contribution in [0.3, 0.4) is 0 Å². The van der Waals surface area contributed by atoms with E-state index in [9.17, 15) is 9.59 Å². The van der Waals surface area contributed by atoms with Gasteiger partial charge in [0, 0.05) is 5.56 Å². The molecule has 0 bridgehead atoms. The largest absolute Gasteiger partial charge is 0.343 e. The summed E-state index contributed by atoms with van der Waals surface area (Å²) in [5, 5.41) is 2.81. The molecule has 0 spiro atoms. The average molecular weight is 275 g/mol. The van der Waals surface area contributed by atoms with E-state index < -0.39 is 0 Å². The van der Waals surface area contributed by atoms with E-state index in [0.29, 0.717) is 12.0 Å². The van der Waals surface area contributed by atoms with E-state index in [0.717, 1.165) is 37.5 Å². The summed E-state index contributed by atoms with van der Waals surface area (Å²) in [5.41, 5.74) is 1.77. The van der Waals surface area contributed by atoms with Crippen molar-refractivity contribution in [2.24, 2.45) is 0 Å². The molecule has 0 heterocycles. The molecule has 1 aromatic rings. The monoisotopic (exact) mass is 275 g/mol. The summed E-state index contributed by atoms with van der Waals surface area (Å²) in [7, 11) is 0. The Balaban J connectivity index is 2.73. The summed E-state index contributed by atoms with van der Waals surface area (Å²) >= 11 is 0. The first-order valence-corrected chi connectivity index (χ1v) is 7.57. The molecule has 0 saturated heterocycles. The van der Waals surface area contributed by atoms with E-state index in [4.69, 9.17) is 0 Å². The molecular weight excluding hydrogens is 250 g/mol. The number of amides is 1. The van der Waals surface area contributed by atoms with Crippen molar-refractivity contribution in [3.05, 3.63) is 35.4 Å². The zero-order chi connectivity index (χ0) is 14.8. The molecular formula is C17H25NO2. The van der Waals surface area contributed by atoms with E-state index in [2.05, 4.69) is 12.2 Å². The number of carbonyl (C=O) groups is 2. The lowest BCUT2D eigenvalue weighted by atomic mass is 10.0. The van der Waals surface area contributed by atoms with Crippen molar-refractivity contribution < 1.29 is 9.59 Å². The van der Waals surface area contributed by atoms with E-state index in [1.165, 1.54) is 6.42 Å². The van der Waals surface area contributed by atoms with Gasteiger partial charge in [-0.15, -0.1) is 0 Å². The molecule has 3 heteroatoms. The zero-order valence-corrected chi connectivity index (χ0v) is 12.5. The fourth-order valence-electron chi connectivity index (χ4n) is 2.26. The van der Waals surface area contributed by atoms with Crippen molar-refractivity contribution in [1.29, 1.82) is 0 Å². The third-order valence-corrected chi connectivity index (χ3v) is 3.39. The van der Waals surface area contributed by atoms with Gasteiger partial charge in [0.25, 0.3) is 5.91 Å². The van der Waals surface area contributed by atoms with Gasteiger partial charge in [-0.05, 0) is 30.9 Å². The Morgan fingerprint density at radius 2 is 1.95 bits per heavy atom. The lowest BCUT2D eigenvalue weighted by Crippen LogP contribution is -2.36. The van der Waals surface area contributed by atoms with Crippen LogP contribution in [-0.4, -0.2) is 18.2 Å². The summed E-state index contributed by atoms with van der Waals surface area (Å²) in [6.45, 7) is 4.17. The maximum atomic E-state index is 12.3. The Hall–Kier alpha value is -1.64. The SMILES string of the molecule is CCCCCc1ccccc1C(=O)N[C@H](C=O)CCC. The number of hydrogen-bond donors (Lipinski definition) is 1. The Morgan fingerprint density at radius 3 is 2.60 bits per heavy atom. The highest BCUT2D eigenvalue weighted by atomic mass is 16.2. The molecule has 1 amide bonds. The molecule has 1 N–H and O–H groups in total. The number of unbranched alkanes of at least 4 members (excludes halogenated alkanes) is 2. The van der Waals surface area contributed by atoms with E-state index in [1.54, 1.807) is 0 Å². The summed E-state index contributed by atoms with van der Waals surface area (Å²) in [5.74, 6) is -0.136. The summed E-state index contributed by atoms with van der Waals surface area (Å²) in [6, 6.07) is 7.29. The summed E-state index contributed by atoms with van der Waals surface area (Å²) < 4.78 is 0. The van der Waals surface area contributed by atoms with Crippen molar-refractivity contribution in [2.75, 3.05) is 0 Å². The molecule has 0 aliphatic rings. The fourth-order valence-corrected chi connectivity index (χ4v) is 2.26. The molecule has 110 valence electrons. The van der Waals surface area contributed by atoms with Crippen LogP contribution in [0.1, 0.15) is 61.9 Å². The van der Waals surface area contributed by atoms with Crippen molar-refractivity contribution in [1.82, 2.24) is 5.32 Å². The van der Waals surface area contributed by atoms with Crippen LogP contribution in [0.2, 0.25) is 0 Å². The zero-order valence-electron chi connectivity index (χ0n) is 12.5. The Bertz CT molecular complexity index is 429. The second-order valence-corrected chi connectivity index (χ2v) is 5.12. The van der Waals surface area contributed by atoms with Crippen LogP contribution in [0.15, 0.2) is 24.3 Å². The van der Waals surface area contributed by atoms with Crippen LogP contribution in [-0.2, 0) is 11.2 Å². The van der Waals surface area contributed by atoms with Gasteiger partial charge in [-0.1, -0.05) is 51.3 Å². The Kier molecular flexibility index (Phi) is 7.63. The van der Waals surface area contributed by atoms with Crippen LogP contribution in [0.5, 0.6) is 0 Å². The van der Waals surface area contributed by atoms with Crippen LogP contribution >= 0.6 is 0 Å². The van der Waals surface area contributed by atoms with Crippen LogP contribution in [0.4, 0.5) is 0 Å². The average Bonchev–Trinajstić information content (AvgIpc) is 2.47. The molecule has 0 fully saturated rings.